The van der Waals surface area contributed by atoms with Crippen LogP contribution < -0.4 is 10.6 Å². The van der Waals surface area contributed by atoms with Gasteiger partial charge in [-0.05, 0) is 42.7 Å². The van der Waals surface area contributed by atoms with Crippen LogP contribution >= 0.6 is 0 Å². The molecule has 6 heteroatoms. The van der Waals surface area contributed by atoms with Crippen LogP contribution in [0.4, 0.5) is 11.8 Å². The van der Waals surface area contributed by atoms with E-state index in [2.05, 4.69) is 52.0 Å². The van der Waals surface area contributed by atoms with Gasteiger partial charge in [0.2, 0.25) is 5.95 Å². The molecule has 0 radical (unpaired) electrons. The molecule has 1 aliphatic carbocycles. The van der Waals surface area contributed by atoms with Crippen molar-refractivity contribution < 1.29 is 0 Å². The molecule has 2 atom stereocenters. The number of hydrogen-bond acceptors (Lipinski definition) is 5. The van der Waals surface area contributed by atoms with E-state index in [1.54, 1.807) is 6.20 Å². The summed E-state index contributed by atoms with van der Waals surface area (Å²) in [4.78, 5) is 8.83. The van der Waals surface area contributed by atoms with E-state index in [1.807, 2.05) is 24.5 Å². The highest BCUT2D eigenvalue weighted by Crippen LogP contribution is 2.41. The Morgan fingerprint density at radius 1 is 1.31 bits per heavy atom. The molecule has 1 fully saturated rings. The van der Waals surface area contributed by atoms with Gasteiger partial charge in [-0.25, -0.2) is 4.98 Å². The molecule has 6 nitrogen and oxygen atoms in total. The predicted octanol–water partition coefficient (Wildman–Crippen LogP) is 3.89. The van der Waals surface area contributed by atoms with Crippen LogP contribution in [0.1, 0.15) is 45.6 Å². The highest BCUT2D eigenvalue weighted by atomic mass is 15.2. The number of nitrogens with zero attached hydrogens (tertiary/aromatic N) is 4. The fraction of sp³-hybridized carbons (Fsp3) is 0.550. The van der Waals surface area contributed by atoms with Crippen molar-refractivity contribution in [1.29, 1.82) is 5.26 Å². The summed E-state index contributed by atoms with van der Waals surface area (Å²) in [5.74, 6) is 1.91. The van der Waals surface area contributed by atoms with Gasteiger partial charge in [-0.1, -0.05) is 20.8 Å². The molecule has 2 heterocycles. The van der Waals surface area contributed by atoms with Gasteiger partial charge in [-0.2, -0.15) is 10.2 Å². The van der Waals surface area contributed by atoms with Gasteiger partial charge in [0.05, 0.1) is 6.20 Å². The topological polar surface area (TPSA) is 78.6 Å². The fourth-order valence-corrected chi connectivity index (χ4v) is 3.57. The third-order valence-electron chi connectivity index (χ3n) is 5.62. The molecule has 0 saturated heterocycles. The first-order valence-corrected chi connectivity index (χ1v) is 9.36. The molecule has 0 spiro atoms. The Kier molecular flexibility index (Phi) is 5.46. The fourth-order valence-electron chi connectivity index (χ4n) is 3.57. The molecule has 3 rings (SSSR count). The number of rotatable bonds is 6. The van der Waals surface area contributed by atoms with Crippen LogP contribution in [0.25, 0.3) is 0 Å². The lowest BCUT2D eigenvalue weighted by Gasteiger charge is -2.41. The Hall–Kier alpha value is -2.55. The summed E-state index contributed by atoms with van der Waals surface area (Å²) in [5.41, 5.74) is 0.797. The monoisotopic (exact) mass is 352 g/mol. The summed E-state index contributed by atoms with van der Waals surface area (Å²) < 4.78 is 2.10. The van der Waals surface area contributed by atoms with E-state index in [-0.39, 0.29) is 0 Å². The second-order valence-electron chi connectivity index (χ2n) is 7.93. The Bertz CT molecular complexity index is 759. The maximum absolute atomic E-state index is 9.39. The van der Waals surface area contributed by atoms with E-state index >= 15 is 0 Å². The van der Waals surface area contributed by atoms with Gasteiger partial charge >= 0.3 is 0 Å². The van der Waals surface area contributed by atoms with E-state index in [4.69, 9.17) is 0 Å². The van der Waals surface area contributed by atoms with Crippen molar-refractivity contribution in [3.63, 3.8) is 0 Å². The van der Waals surface area contributed by atoms with Crippen molar-refractivity contribution in [3.05, 3.63) is 36.3 Å². The lowest BCUT2D eigenvalue weighted by molar-refractivity contribution is 0.143. The van der Waals surface area contributed by atoms with E-state index in [0.717, 1.165) is 25.9 Å². The second-order valence-corrected chi connectivity index (χ2v) is 7.93. The standard InChI is InChI=1S/C20H28N6/c1-15-6-7-17(12-20(15,2)3)24-18-16(13-21)14-23-19(25-18)22-8-11-26-9-4-5-10-26/h4-5,9-10,14-15,17H,6-8,11-12H2,1-3H3,(H2,22,23,24,25)/t15-,17+/m0/s1. The number of nitrogens with one attached hydrogen (secondary N) is 2. The smallest absolute Gasteiger partial charge is 0.224 e. The number of hydrogen-bond donors (Lipinski definition) is 2. The lowest BCUT2D eigenvalue weighted by atomic mass is 9.68. The van der Waals surface area contributed by atoms with Crippen LogP contribution in [0.2, 0.25) is 0 Å². The second kappa shape index (κ2) is 7.77. The van der Waals surface area contributed by atoms with Crippen LogP contribution in [0.3, 0.4) is 0 Å². The third kappa shape index (κ3) is 4.34. The van der Waals surface area contributed by atoms with Gasteiger partial charge in [0.15, 0.2) is 0 Å². The van der Waals surface area contributed by atoms with Gasteiger partial charge in [0, 0.05) is 31.5 Å². The zero-order valence-corrected chi connectivity index (χ0v) is 15.9. The maximum atomic E-state index is 9.39. The SMILES string of the molecule is C[C@H]1CC[C@@H](Nc2nc(NCCn3cccc3)ncc2C#N)CC1(C)C. The molecule has 138 valence electrons. The van der Waals surface area contributed by atoms with Gasteiger partial charge in [-0.3, -0.25) is 0 Å². The summed E-state index contributed by atoms with van der Waals surface area (Å²) in [7, 11) is 0. The number of aromatic nitrogens is 3. The summed E-state index contributed by atoms with van der Waals surface area (Å²) in [5, 5.41) is 16.1. The zero-order chi connectivity index (χ0) is 18.6. The van der Waals surface area contributed by atoms with Crippen molar-refractivity contribution in [2.24, 2.45) is 11.3 Å². The maximum Gasteiger partial charge on any atom is 0.224 e. The lowest BCUT2D eigenvalue weighted by Crippen LogP contribution is -2.37. The summed E-state index contributed by atoms with van der Waals surface area (Å²) >= 11 is 0. The summed E-state index contributed by atoms with van der Waals surface area (Å²) in [6.45, 7) is 8.55. The quantitative estimate of drug-likeness (QED) is 0.824. The van der Waals surface area contributed by atoms with Crippen LogP contribution in [-0.4, -0.2) is 27.1 Å². The molecule has 2 aromatic heterocycles. The summed E-state index contributed by atoms with van der Waals surface area (Å²) in [6, 6.07) is 6.56. The van der Waals surface area contributed by atoms with Gasteiger partial charge in [0.25, 0.3) is 0 Å². The first-order valence-electron chi connectivity index (χ1n) is 9.36. The highest BCUT2D eigenvalue weighted by molar-refractivity contribution is 5.54. The van der Waals surface area contributed by atoms with Gasteiger partial charge < -0.3 is 15.2 Å². The third-order valence-corrected chi connectivity index (χ3v) is 5.62. The highest BCUT2D eigenvalue weighted by Gasteiger charge is 2.34. The minimum Gasteiger partial charge on any atom is -0.366 e. The molecule has 2 aromatic rings. The Morgan fingerprint density at radius 3 is 2.77 bits per heavy atom. The molecule has 0 amide bonds. The van der Waals surface area contributed by atoms with Crippen LogP contribution in [-0.2, 0) is 6.54 Å². The van der Waals surface area contributed by atoms with Crippen molar-refractivity contribution in [2.75, 3.05) is 17.2 Å². The van der Waals surface area contributed by atoms with E-state index in [1.165, 1.54) is 6.42 Å². The molecule has 26 heavy (non-hydrogen) atoms. The first-order chi connectivity index (χ1) is 12.5. The average molecular weight is 352 g/mol. The molecule has 1 aliphatic rings. The van der Waals surface area contributed by atoms with Gasteiger partial charge in [0.1, 0.15) is 17.5 Å². The Morgan fingerprint density at radius 2 is 2.08 bits per heavy atom. The molecule has 0 aromatic carbocycles. The average Bonchev–Trinajstić information content (AvgIpc) is 3.12. The van der Waals surface area contributed by atoms with Crippen LogP contribution in [0, 0.1) is 22.7 Å². The van der Waals surface area contributed by atoms with Crippen molar-refractivity contribution in [3.8, 4) is 6.07 Å². The molecular weight excluding hydrogens is 324 g/mol. The van der Waals surface area contributed by atoms with Crippen molar-refractivity contribution in [2.45, 2.75) is 52.6 Å². The first kappa shape index (κ1) is 18.2. The molecule has 0 unspecified atom stereocenters. The number of anilines is 2. The minimum atomic E-state index is 0.299. The zero-order valence-electron chi connectivity index (χ0n) is 15.9. The van der Waals surface area contributed by atoms with Crippen LogP contribution in [0.5, 0.6) is 0 Å². The predicted molar refractivity (Wildman–Crippen MR) is 104 cm³/mol. The van der Waals surface area contributed by atoms with Crippen molar-refractivity contribution >= 4 is 11.8 Å². The van der Waals surface area contributed by atoms with Crippen molar-refractivity contribution in [1.82, 2.24) is 14.5 Å². The largest absolute Gasteiger partial charge is 0.366 e. The van der Waals surface area contributed by atoms with E-state index in [0.29, 0.717) is 34.7 Å². The molecule has 1 saturated carbocycles. The van der Waals surface area contributed by atoms with Crippen LogP contribution in [0.15, 0.2) is 30.7 Å². The Balaban J connectivity index is 1.65. The molecule has 0 bridgehead atoms. The molecular formula is C20H28N6. The normalized spacial score (nSPS) is 21.8. The van der Waals surface area contributed by atoms with E-state index < -0.39 is 0 Å². The van der Waals surface area contributed by atoms with Gasteiger partial charge in [-0.15, -0.1) is 0 Å². The number of nitriles is 1. The van der Waals surface area contributed by atoms with E-state index in [9.17, 15) is 5.26 Å². The molecule has 0 aliphatic heterocycles. The minimum absolute atomic E-state index is 0.299. The Labute approximate surface area is 155 Å². The summed E-state index contributed by atoms with van der Waals surface area (Å²) in [6.07, 6.45) is 9.04. The molecule has 2 N–H and O–H groups in total.